The van der Waals surface area contributed by atoms with Gasteiger partial charge in [0, 0.05) is 31.1 Å². The number of benzene rings is 2. The maximum Gasteiger partial charge on any atom is 0.179 e. The lowest BCUT2D eigenvalue weighted by Gasteiger charge is -2.40. The van der Waals surface area contributed by atoms with Crippen LogP contribution >= 0.6 is 0 Å². The first-order chi connectivity index (χ1) is 22.5. The molecule has 0 aliphatic carbocycles. The third-order valence-corrected chi connectivity index (χ3v) is 12.5. The number of rotatable bonds is 21. The number of fused-ring (bicyclic) bond motifs is 1. The van der Waals surface area contributed by atoms with Crippen molar-refractivity contribution in [3.05, 3.63) is 53.6 Å². The number of hydrogen-bond donors (Lipinski definition) is 1. The van der Waals surface area contributed by atoms with Crippen LogP contribution in [-0.2, 0) is 19.3 Å². The molecule has 0 amide bonds. The number of hydrogen-bond acceptors (Lipinski definition) is 7. The van der Waals surface area contributed by atoms with Crippen LogP contribution in [-0.4, -0.2) is 103 Å². The average Bonchev–Trinajstić information content (AvgIpc) is 3.14. The highest BCUT2D eigenvalue weighted by atomic mass is 32.2. The molecule has 3 rings (SSSR count). The fourth-order valence-electron chi connectivity index (χ4n) is 7.11. The van der Waals surface area contributed by atoms with E-state index in [0.29, 0.717) is 55.5 Å². The molecular formula is C38H63N2O6S+. The van der Waals surface area contributed by atoms with Crippen LogP contribution in [0.4, 0.5) is 5.69 Å². The van der Waals surface area contributed by atoms with Gasteiger partial charge in [0.25, 0.3) is 0 Å². The van der Waals surface area contributed by atoms with E-state index < -0.39 is 27.3 Å². The Balaban J connectivity index is 1.73. The van der Waals surface area contributed by atoms with E-state index in [1.54, 1.807) is 6.07 Å². The van der Waals surface area contributed by atoms with E-state index in [4.69, 9.17) is 14.2 Å². The van der Waals surface area contributed by atoms with Crippen molar-refractivity contribution < 1.29 is 32.2 Å². The van der Waals surface area contributed by atoms with Crippen LogP contribution in [0.15, 0.2) is 47.4 Å². The number of likely N-dealkylation sites (N-methyl/N-ethyl adjacent to an activating group) is 1. The van der Waals surface area contributed by atoms with Gasteiger partial charge in [0.2, 0.25) is 0 Å². The number of ether oxygens (including phenoxy) is 3. The first-order valence-corrected chi connectivity index (χ1v) is 19.6. The van der Waals surface area contributed by atoms with Crippen molar-refractivity contribution >= 4 is 15.5 Å². The van der Waals surface area contributed by atoms with Gasteiger partial charge in [-0.25, -0.2) is 8.42 Å². The third kappa shape index (κ3) is 10.2. The van der Waals surface area contributed by atoms with Crippen LogP contribution in [0.1, 0.15) is 90.2 Å². The van der Waals surface area contributed by atoms with E-state index >= 15 is 0 Å². The number of nitrogens with zero attached hydrogens (tertiary/aromatic N) is 2. The molecule has 2 atom stereocenters. The minimum Gasteiger partial charge on any atom is -0.491 e. The number of anilines is 1. The fourth-order valence-corrected chi connectivity index (χ4v) is 9.30. The van der Waals surface area contributed by atoms with Gasteiger partial charge in [-0.1, -0.05) is 51.7 Å². The quantitative estimate of drug-likeness (QED) is 0.117. The van der Waals surface area contributed by atoms with Crippen molar-refractivity contribution in [3.8, 4) is 5.75 Å². The normalized spacial score (nSPS) is 18.8. The summed E-state index contributed by atoms with van der Waals surface area (Å²) in [5.41, 5.74) is 1.74. The molecule has 0 spiro atoms. The van der Waals surface area contributed by atoms with Crippen LogP contribution in [0.5, 0.6) is 5.75 Å². The van der Waals surface area contributed by atoms with Crippen molar-refractivity contribution in [1.29, 1.82) is 0 Å². The lowest BCUT2D eigenvalue weighted by atomic mass is 9.68. The summed E-state index contributed by atoms with van der Waals surface area (Å²) in [6.07, 6.45) is 4.15. The van der Waals surface area contributed by atoms with E-state index in [9.17, 15) is 13.5 Å². The fraction of sp³-hybridized carbons (Fsp3) is 0.684. The minimum atomic E-state index is -3.63. The van der Waals surface area contributed by atoms with Crippen LogP contribution in [0.25, 0.3) is 0 Å². The molecule has 1 aliphatic heterocycles. The molecule has 0 unspecified atom stereocenters. The Kier molecular flexibility index (Phi) is 15.5. The third-order valence-electron chi connectivity index (χ3n) is 10.5. The van der Waals surface area contributed by atoms with Gasteiger partial charge in [0.05, 0.1) is 62.8 Å². The number of unbranched alkanes of at least 4 members (excludes halogenated alkanes) is 2. The Morgan fingerprint density at radius 3 is 1.96 bits per heavy atom. The lowest BCUT2D eigenvalue weighted by molar-refractivity contribution is -0.923. The Hall–Kier alpha value is -2.17. The summed E-state index contributed by atoms with van der Waals surface area (Å²) in [6.45, 7) is 18.1. The van der Waals surface area contributed by atoms with Gasteiger partial charge in [-0.15, -0.1) is 0 Å². The van der Waals surface area contributed by atoms with Gasteiger partial charge >= 0.3 is 0 Å². The Bertz CT molecular complexity index is 1290. The molecular weight excluding hydrogens is 612 g/mol. The summed E-state index contributed by atoms with van der Waals surface area (Å²) < 4.78 is 46.7. The Morgan fingerprint density at radius 1 is 0.830 bits per heavy atom. The number of quaternary nitrogens is 1. The first kappa shape index (κ1) is 39.3. The van der Waals surface area contributed by atoms with Crippen LogP contribution in [0.2, 0.25) is 0 Å². The molecule has 0 fully saturated rings. The molecule has 2 aromatic rings. The molecule has 1 N–H and O–H groups in total. The summed E-state index contributed by atoms with van der Waals surface area (Å²) in [4.78, 5) is 2.31. The zero-order valence-corrected chi connectivity index (χ0v) is 31.1. The standard InChI is InChI=1S/C38H63N2O6S/c1-8-13-21-38(22-14-9-2)30-47(42,43)35-20-17-32(39(6)7)29-34(35)36(37(38)41)31-15-18-33(19-16-31)46-28-27-45-26-25-44-24-23-40(10-3,11-4)12-5/h15-20,29,36-37,41H,8-14,21-28,30H2,1-7H3/q+1/t36-,37-/m1/s1. The van der Waals surface area contributed by atoms with Crippen molar-refractivity contribution in [1.82, 2.24) is 0 Å². The Labute approximate surface area is 285 Å². The van der Waals surface area contributed by atoms with E-state index in [1.165, 1.54) is 0 Å². The molecule has 0 saturated carbocycles. The number of aliphatic hydroxyl groups is 1. The average molecular weight is 676 g/mol. The van der Waals surface area contributed by atoms with Gasteiger partial charge in [0.15, 0.2) is 9.84 Å². The zero-order chi connectivity index (χ0) is 34.5. The second-order valence-corrected chi connectivity index (χ2v) is 15.5. The predicted octanol–water partition coefficient (Wildman–Crippen LogP) is 6.69. The highest BCUT2D eigenvalue weighted by Crippen LogP contribution is 2.50. The molecule has 0 bridgehead atoms. The van der Waals surface area contributed by atoms with Crippen LogP contribution in [0, 0.1) is 5.41 Å². The van der Waals surface area contributed by atoms with Gasteiger partial charge < -0.3 is 28.7 Å². The van der Waals surface area contributed by atoms with Gasteiger partial charge in [-0.2, -0.15) is 0 Å². The zero-order valence-electron chi connectivity index (χ0n) is 30.3. The number of aliphatic hydroxyl groups excluding tert-OH is 1. The highest BCUT2D eigenvalue weighted by Gasteiger charge is 2.49. The Morgan fingerprint density at radius 2 is 1.40 bits per heavy atom. The smallest absolute Gasteiger partial charge is 0.179 e. The number of sulfone groups is 1. The second-order valence-electron chi connectivity index (χ2n) is 13.5. The molecule has 1 heterocycles. The van der Waals surface area contributed by atoms with Crippen molar-refractivity contribution in [2.75, 3.05) is 84.0 Å². The van der Waals surface area contributed by atoms with E-state index in [1.807, 2.05) is 55.4 Å². The molecule has 0 saturated heterocycles. The van der Waals surface area contributed by atoms with Crippen LogP contribution in [0.3, 0.4) is 0 Å². The summed E-state index contributed by atoms with van der Waals surface area (Å²) >= 11 is 0. The SMILES string of the molecule is CCCCC1(CCCC)CS(=O)(=O)c2ccc(N(C)C)cc2[C@@H](c2ccc(OCCOCCOCC[N+](CC)(CC)CC)cc2)[C@H]1O. The molecule has 0 radical (unpaired) electrons. The second kappa shape index (κ2) is 18.6. The highest BCUT2D eigenvalue weighted by molar-refractivity contribution is 7.91. The summed E-state index contributed by atoms with van der Waals surface area (Å²) in [5.74, 6) is 0.195. The molecule has 1 aliphatic rings. The maximum atomic E-state index is 14.0. The minimum absolute atomic E-state index is 0.0333. The van der Waals surface area contributed by atoms with Crippen molar-refractivity contribution in [2.45, 2.75) is 90.1 Å². The first-order valence-electron chi connectivity index (χ1n) is 18.0. The van der Waals surface area contributed by atoms with Crippen molar-refractivity contribution in [2.24, 2.45) is 5.41 Å². The van der Waals surface area contributed by atoms with Gasteiger partial charge in [-0.3, -0.25) is 0 Å². The van der Waals surface area contributed by atoms with E-state index in [-0.39, 0.29) is 5.75 Å². The molecule has 266 valence electrons. The monoisotopic (exact) mass is 675 g/mol. The maximum absolute atomic E-state index is 14.0. The van der Waals surface area contributed by atoms with Crippen LogP contribution < -0.4 is 9.64 Å². The topological polar surface area (TPSA) is 85.3 Å². The summed E-state index contributed by atoms with van der Waals surface area (Å²) in [5, 5.41) is 12.4. The molecule has 2 aromatic carbocycles. The summed E-state index contributed by atoms with van der Waals surface area (Å²) in [7, 11) is 0.263. The molecule has 0 aromatic heterocycles. The molecule has 9 heteroatoms. The van der Waals surface area contributed by atoms with E-state index in [2.05, 4.69) is 34.6 Å². The lowest BCUT2D eigenvalue weighted by Crippen LogP contribution is -2.49. The molecule has 47 heavy (non-hydrogen) atoms. The summed E-state index contributed by atoms with van der Waals surface area (Å²) in [6, 6.07) is 13.4. The van der Waals surface area contributed by atoms with Gasteiger partial charge in [0.1, 0.15) is 18.9 Å². The predicted molar refractivity (Wildman–Crippen MR) is 192 cm³/mol. The van der Waals surface area contributed by atoms with Gasteiger partial charge in [-0.05, 0) is 75.1 Å². The van der Waals surface area contributed by atoms with Crippen molar-refractivity contribution in [3.63, 3.8) is 0 Å². The largest absolute Gasteiger partial charge is 0.491 e. The van der Waals surface area contributed by atoms with E-state index in [0.717, 1.165) is 74.2 Å². The molecule has 8 nitrogen and oxygen atoms in total.